The summed E-state index contributed by atoms with van der Waals surface area (Å²) in [5, 5.41) is 3.26. The molecular formula is C14H28N2O3. The van der Waals surface area contributed by atoms with Crippen molar-refractivity contribution in [3.05, 3.63) is 0 Å². The van der Waals surface area contributed by atoms with Gasteiger partial charge in [0.25, 0.3) is 0 Å². The summed E-state index contributed by atoms with van der Waals surface area (Å²) in [5.41, 5.74) is -0.00984. The predicted octanol–water partition coefficient (Wildman–Crippen LogP) is 1.56. The normalized spacial score (nSPS) is 11.5. The molecule has 0 aromatic carbocycles. The minimum Gasteiger partial charge on any atom is -0.465 e. The third kappa shape index (κ3) is 8.59. The largest absolute Gasteiger partial charge is 0.465 e. The van der Waals surface area contributed by atoms with E-state index in [1.807, 2.05) is 13.8 Å². The Balaban J connectivity index is 4.30. The lowest BCUT2D eigenvalue weighted by Crippen LogP contribution is -2.44. The van der Waals surface area contributed by atoms with E-state index in [4.69, 9.17) is 4.74 Å². The minimum atomic E-state index is -0.353. The molecule has 0 radical (unpaired) electrons. The summed E-state index contributed by atoms with van der Waals surface area (Å²) in [5.74, 6) is -0.381. The molecule has 1 amide bonds. The number of amides is 1. The SMILES string of the molecule is CCOC(=O)CN(C(=O)CCNC(C)(C)C)C(C)C. The molecular weight excluding hydrogens is 244 g/mol. The summed E-state index contributed by atoms with van der Waals surface area (Å²) in [6.07, 6.45) is 0.384. The van der Waals surface area contributed by atoms with Crippen LogP contribution in [-0.2, 0) is 14.3 Å². The zero-order valence-corrected chi connectivity index (χ0v) is 13.1. The van der Waals surface area contributed by atoms with E-state index in [2.05, 4.69) is 26.1 Å². The Morgan fingerprint density at radius 2 is 1.84 bits per heavy atom. The highest BCUT2D eigenvalue weighted by molar-refractivity contribution is 5.82. The van der Waals surface area contributed by atoms with E-state index in [0.29, 0.717) is 19.6 Å². The van der Waals surface area contributed by atoms with Crippen LogP contribution in [0.4, 0.5) is 0 Å². The summed E-state index contributed by atoms with van der Waals surface area (Å²) < 4.78 is 4.88. The molecule has 0 fully saturated rings. The summed E-state index contributed by atoms with van der Waals surface area (Å²) in [6, 6.07) is -0.00783. The van der Waals surface area contributed by atoms with Crippen LogP contribution in [0.2, 0.25) is 0 Å². The zero-order chi connectivity index (χ0) is 15.1. The van der Waals surface area contributed by atoms with Crippen LogP contribution in [0.3, 0.4) is 0 Å². The number of nitrogens with one attached hydrogen (secondary N) is 1. The number of rotatable bonds is 7. The topological polar surface area (TPSA) is 58.6 Å². The Labute approximate surface area is 116 Å². The molecule has 0 saturated heterocycles. The van der Waals surface area contributed by atoms with Crippen molar-refractivity contribution in [1.82, 2.24) is 10.2 Å². The van der Waals surface area contributed by atoms with Gasteiger partial charge < -0.3 is 15.0 Å². The van der Waals surface area contributed by atoms with E-state index >= 15 is 0 Å². The van der Waals surface area contributed by atoms with Gasteiger partial charge in [-0.3, -0.25) is 9.59 Å². The van der Waals surface area contributed by atoms with Gasteiger partial charge in [-0.05, 0) is 41.5 Å². The molecule has 0 bridgehead atoms. The van der Waals surface area contributed by atoms with Crippen molar-refractivity contribution in [3.8, 4) is 0 Å². The minimum absolute atomic E-state index is 0.00783. The first-order valence-corrected chi connectivity index (χ1v) is 6.87. The molecule has 0 aliphatic heterocycles. The van der Waals surface area contributed by atoms with E-state index < -0.39 is 0 Å². The Bertz CT molecular complexity index is 296. The Kier molecular flexibility index (Phi) is 7.68. The number of ether oxygens (including phenoxy) is 1. The van der Waals surface area contributed by atoms with Gasteiger partial charge >= 0.3 is 5.97 Å². The van der Waals surface area contributed by atoms with E-state index in [9.17, 15) is 9.59 Å². The second-order valence-corrected chi connectivity index (χ2v) is 5.85. The first kappa shape index (κ1) is 17.9. The molecule has 0 aliphatic rings. The quantitative estimate of drug-likeness (QED) is 0.715. The standard InChI is InChI=1S/C14H28N2O3/c1-7-19-13(18)10-16(11(2)3)12(17)8-9-15-14(4,5)6/h11,15H,7-10H2,1-6H3. The fraction of sp³-hybridized carbons (Fsp3) is 0.857. The van der Waals surface area contributed by atoms with E-state index in [0.717, 1.165) is 0 Å². The molecule has 1 N–H and O–H groups in total. The van der Waals surface area contributed by atoms with Crippen LogP contribution in [-0.4, -0.2) is 48.1 Å². The average Bonchev–Trinajstić information content (AvgIpc) is 2.23. The van der Waals surface area contributed by atoms with Crippen molar-refractivity contribution in [2.24, 2.45) is 0 Å². The maximum Gasteiger partial charge on any atom is 0.325 e. The second kappa shape index (κ2) is 8.15. The van der Waals surface area contributed by atoms with Gasteiger partial charge in [-0.2, -0.15) is 0 Å². The molecule has 0 spiro atoms. The molecule has 0 saturated carbocycles. The summed E-state index contributed by atoms with van der Waals surface area (Å²) in [4.78, 5) is 25.1. The molecule has 0 aromatic heterocycles. The number of hydrogen-bond acceptors (Lipinski definition) is 4. The fourth-order valence-corrected chi connectivity index (χ4v) is 1.59. The molecule has 0 atom stereocenters. The summed E-state index contributed by atoms with van der Waals surface area (Å²) in [6.45, 7) is 12.7. The first-order chi connectivity index (χ1) is 8.67. The molecule has 0 aliphatic carbocycles. The van der Waals surface area contributed by atoms with Crippen LogP contribution in [0, 0.1) is 0 Å². The molecule has 19 heavy (non-hydrogen) atoms. The van der Waals surface area contributed by atoms with E-state index in [1.54, 1.807) is 11.8 Å². The lowest BCUT2D eigenvalue weighted by atomic mass is 10.1. The van der Waals surface area contributed by atoms with Gasteiger partial charge in [0.2, 0.25) is 5.91 Å². The van der Waals surface area contributed by atoms with Crippen molar-refractivity contribution in [2.75, 3.05) is 19.7 Å². The van der Waals surface area contributed by atoms with Gasteiger partial charge in [0.15, 0.2) is 0 Å². The molecule has 5 heteroatoms. The van der Waals surface area contributed by atoms with Crippen molar-refractivity contribution in [3.63, 3.8) is 0 Å². The fourth-order valence-electron chi connectivity index (χ4n) is 1.59. The van der Waals surface area contributed by atoms with Crippen LogP contribution in [0.25, 0.3) is 0 Å². The lowest BCUT2D eigenvalue weighted by Gasteiger charge is -2.27. The van der Waals surface area contributed by atoms with E-state index in [-0.39, 0.29) is 30.0 Å². The summed E-state index contributed by atoms with van der Waals surface area (Å²) >= 11 is 0. The van der Waals surface area contributed by atoms with Gasteiger partial charge in [-0.15, -0.1) is 0 Å². The Morgan fingerprint density at radius 3 is 2.26 bits per heavy atom. The van der Waals surface area contributed by atoms with Crippen molar-refractivity contribution in [2.45, 2.75) is 59.5 Å². The van der Waals surface area contributed by atoms with Gasteiger partial charge in [0, 0.05) is 24.5 Å². The lowest BCUT2D eigenvalue weighted by molar-refractivity contribution is -0.150. The van der Waals surface area contributed by atoms with Crippen LogP contribution >= 0.6 is 0 Å². The Morgan fingerprint density at radius 1 is 1.26 bits per heavy atom. The third-order valence-electron chi connectivity index (χ3n) is 2.54. The second-order valence-electron chi connectivity index (χ2n) is 5.85. The maximum atomic E-state index is 12.1. The molecule has 0 aromatic rings. The Hall–Kier alpha value is -1.10. The predicted molar refractivity (Wildman–Crippen MR) is 75.9 cm³/mol. The highest BCUT2D eigenvalue weighted by Gasteiger charge is 2.21. The highest BCUT2D eigenvalue weighted by atomic mass is 16.5. The van der Waals surface area contributed by atoms with Gasteiger partial charge in [0.05, 0.1) is 6.61 Å². The summed E-state index contributed by atoms with van der Waals surface area (Å²) in [7, 11) is 0. The van der Waals surface area contributed by atoms with Crippen molar-refractivity contribution >= 4 is 11.9 Å². The maximum absolute atomic E-state index is 12.1. The van der Waals surface area contributed by atoms with Crippen LogP contribution in [0.5, 0.6) is 0 Å². The van der Waals surface area contributed by atoms with Crippen LogP contribution < -0.4 is 5.32 Å². The molecule has 0 heterocycles. The van der Waals surface area contributed by atoms with Crippen molar-refractivity contribution < 1.29 is 14.3 Å². The molecule has 0 rings (SSSR count). The smallest absolute Gasteiger partial charge is 0.325 e. The first-order valence-electron chi connectivity index (χ1n) is 6.87. The zero-order valence-electron chi connectivity index (χ0n) is 13.1. The molecule has 112 valence electrons. The third-order valence-corrected chi connectivity index (χ3v) is 2.54. The number of hydrogen-bond donors (Lipinski definition) is 1. The number of carbonyl (C=O) groups excluding carboxylic acids is 2. The van der Waals surface area contributed by atoms with Crippen LogP contribution in [0.15, 0.2) is 0 Å². The highest BCUT2D eigenvalue weighted by Crippen LogP contribution is 2.04. The molecule has 5 nitrogen and oxygen atoms in total. The number of carbonyl (C=O) groups is 2. The average molecular weight is 272 g/mol. The van der Waals surface area contributed by atoms with Crippen molar-refractivity contribution in [1.29, 1.82) is 0 Å². The molecule has 0 unspecified atom stereocenters. The van der Waals surface area contributed by atoms with Gasteiger partial charge in [-0.25, -0.2) is 0 Å². The number of esters is 1. The van der Waals surface area contributed by atoms with Gasteiger partial charge in [-0.1, -0.05) is 0 Å². The monoisotopic (exact) mass is 272 g/mol. The number of nitrogens with zero attached hydrogens (tertiary/aromatic N) is 1. The van der Waals surface area contributed by atoms with E-state index in [1.165, 1.54) is 0 Å². The van der Waals surface area contributed by atoms with Gasteiger partial charge in [0.1, 0.15) is 6.54 Å². The van der Waals surface area contributed by atoms with Crippen LogP contribution in [0.1, 0.15) is 48.0 Å².